The number of nitrogens with zero attached hydrogens (tertiary/aromatic N) is 1. The van der Waals surface area contributed by atoms with Gasteiger partial charge in [-0.25, -0.2) is 0 Å². The summed E-state index contributed by atoms with van der Waals surface area (Å²) in [6, 6.07) is -0.513. The number of carboxylic acid groups (broad SMARTS) is 1. The van der Waals surface area contributed by atoms with Crippen molar-refractivity contribution in [2.45, 2.75) is 168 Å². The Hall–Kier alpha value is -0.900. The fraction of sp³-hybridized carbons (Fsp3) is 0.933. The molecule has 1 unspecified atom stereocenters. The molecule has 0 aliphatic rings. The topological polar surface area (TPSA) is 57.6 Å². The van der Waals surface area contributed by atoms with Crippen LogP contribution in [0.25, 0.3) is 0 Å². The second-order valence-electron chi connectivity index (χ2n) is 10.5. The Morgan fingerprint density at radius 2 is 0.912 bits per heavy atom. The molecule has 0 radical (unpaired) electrons. The number of ketones is 1. The molecule has 1 atom stereocenters. The van der Waals surface area contributed by atoms with E-state index in [0.717, 1.165) is 25.9 Å². The van der Waals surface area contributed by atoms with Gasteiger partial charge in [0, 0.05) is 6.42 Å². The minimum Gasteiger partial charge on any atom is -0.480 e. The Balaban J connectivity index is 4.22. The first kappa shape index (κ1) is 33.1. The fourth-order valence-electron chi connectivity index (χ4n) is 4.83. The number of unbranched alkanes of at least 4 members (excludes halogenated alkanes) is 18. The van der Waals surface area contributed by atoms with E-state index in [0.29, 0.717) is 12.8 Å². The van der Waals surface area contributed by atoms with E-state index >= 15 is 0 Å². The molecule has 202 valence electrons. The highest BCUT2D eigenvalue weighted by Crippen LogP contribution is 2.16. The molecule has 0 spiro atoms. The summed E-state index contributed by atoms with van der Waals surface area (Å²) in [5.41, 5.74) is 0. The molecule has 1 N–H and O–H groups in total. The molecule has 0 aromatic rings. The number of carboxylic acids is 1. The number of hydrogen-bond donors (Lipinski definition) is 1. The van der Waals surface area contributed by atoms with Crippen molar-refractivity contribution < 1.29 is 14.7 Å². The molecule has 0 fully saturated rings. The van der Waals surface area contributed by atoms with Gasteiger partial charge in [-0.05, 0) is 39.3 Å². The number of rotatable bonds is 27. The normalized spacial score (nSPS) is 12.4. The van der Waals surface area contributed by atoms with Crippen LogP contribution in [0, 0.1) is 0 Å². The fourth-order valence-corrected chi connectivity index (χ4v) is 4.83. The van der Waals surface area contributed by atoms with Crippen molar-refractivity contribution in [3.05, 3.63) is 0 Å². The number of aliphatic carboxylic acids is 1. The lowest BCUT2D eigenvalue weighted by molar-refractivity contribution is -0.143. The molecule has 0 saturated carbocycles. The Bertz CT molecular complexity index is 442. The van der Waals surface area contributed by atoms with Gasteiger partial charge in [0.1, 0.15) is 11.8 Å². The highest BCUT2D eigenvalue weighted by Gasteiger charge is 2.25. The summed E-state index contributed by atoms with van der Waals surface area (Å²) < 4.78 is 0. The molecule has 0 bridgehead atoms. The van der Waals surface area contributed by atoms with Crippen LogP contribution in [0.2, 0.25) is 0 Å². The standard InChI is InChI=1S/C30H59NO3/c1-4-6-8-10-12-14-16-18-20-22-26-31(29(30(33)34)25-24-28(3)32)27-23-21-19-17-15-13-11-9-7-5-2/h29H,4-27H2,1-3H3,(H,33,34). The zero-order valence-electron chi connectivity index (χ0n) is 23.3. The van der Waals surface area contributed by atoms with Crippen molar-refractivity contribution in [2.24, 2.45) is 0 Å². The maximum absolute atomic E-state index is 12.0. The van der Waals surface area contributed by atoms with Gasteiger partial charge in [-0.3, -0.25) is 9.69 Å². The van der Waals surface area contributed by atoms with Crippen LogP contribution in [0.1, 0.15) is 162 Å². The zero-order valence-corrected chi connectivity index (χ0v) is 23.3. The van der Waals surface area contributed by atoms with Crippen LogP contribution >= 0.6 is 0 Å². The first-order chi connectivity index (χ1) is 16.5. The predicted octanol–water partition coefficient (Wildman–Crippen LogP) is 8.95. The molecule has 0 saturated heterocycles. The maximum Gasteiger partial charge on any atom is 0.320 e. The SMILES string of the molecule is CCCCCCCCCCCCN(CCCCCCCCCCCC)C(CCC(C)=O)C(=O)O. The van der Waals surface area contributed by atoms with Crippen molar-refractivity contribution in [3.8, 4) is 0 Å². The number of carbonyl (C=O) groups is 2. The predicted molar refractivity (Wildman–Crippen MR) is 147 cm³/mol. The van der Waals surface area contributed by atoms with Crippen molar-refractivity contribution in [1.29, 1.82) is 0 Å². The van der Waals surface area contributed by atoms with Crippen LogP contribution < -0.4 is 0 Å². The number of Topliss-reactive ketones (excluding diaryl/α,β-unsaturated/α-hetero) is 1. The van der Waals surface area contributed by atoms with Crippen molar-refractivity contribution in [2.75, 3.05) is 13.1 Å². The largest absolute Gasteiger partial charge is 0.480 e. The molecule has 0 amide bonds. The first-order valence-electron chi connectivity index (χ1n) is 15.0. The highest BCUT2D eigenvalue weighted by molar-refractivity contribution is 5.78. The minimum atomic E-state index is -0.764. The lowest BCUT2D eigenvalue weighted by atomic mass is 10.0. The molecule has 0 rings (SSSR count). The van der Waals surface area contributed by atoms with E-state index in [1.54, 1.807) is 6.92 Å². The van der Waals surface area contributed by atoms with Crippen molar-refractivity contribution in [3.63, 3.8) is 0 Å². The van der Waals surface area contributed by atoms with E-state index in [-0.39, 0.29) is 5.78 Å². The summed E-state index contributed by atoms with van der Waals surface area (Å²) in [6.45, 7) is 7.78. The third-order valence-corrected chi connectivity index (χ3v) is 7.09. The quantitative estimate of drug-likeness (QED) is 0.119. The maximum atomic E-state index is 12.0. The van der Waals surface area contributed by atoms with E-state index in [9.17, 15) is 14.7 Å². The van der Waals surface area contributed by atoms with Crippen LogP contribution in [-0.4, -0.2) is 40.9 Å². The molecule has 0 aliphatic heterocycles. The van der Waals surface area contributed by atoms with Crippen molar-refractivity contribution >= 4 is 11.8 Å². The molecule has 0 heterocycles. The van der Waals surface area contributed by atoms with Crippen LogP contribution in [0.15, 0.2) is 0 Å². The number of hydrogen-bond acceptors (Lipinski definition) is 3. The van der Waals surface area contributed by atoms with Crippen molar-refractivity contribution in [1.82, 2.24) is 4.90 Å². The summed E-state index contributed by atoms with van der Waals surface area (Å²) in [6.07, 6.45) is 26.6. The van der Waals surface area contributed by atoms with Gasteiger partial charge < -0.3 is 9.90 Å². The van der Waals surface area contributed by atoms with Gasteiger partial charge in [0.2, 0.25) is 0 Å². The molecule has 0 aromatic heterocycles. The summed E-state index contributed by atoms with van der Waals surface area (Å²) in [7, 11) is 0. The third kappa shape index (κ3) is 21.6. The van der Waals surface area contributed by atoms with Gasteiger partial charge in [-0.2, -0.15) is 0 Å². The molecular weight excluding hydrogens is 422 g/mol. The lowest BCUT2D eigenvalue weighted by Gasteiger charge is -2.29. The average molecular weight is 482 g/mol. The molecule has 0 aliphatic carbocycles. The van der Waals surface area contributed by atoms with Gasteiger partial charge >= 0.3 is 5.97 Å². The Labute approximate surface area is 212 Å². The monoisotopic (exact) mass is 481 g/mol. The zero-order chi connectivity index (χ0) is 25.3. The molecule has 4 heteroatoms. The Morgan fingerprint density at radius 1 is 0.588 bits per heavy atom. The van der Waals surface area contributed by atoms with Crippen LogP contribution in [-0.2, 0) is 9.59 Å². The summed E-state index contributed by atoms with van der Waals surface area (Å²) in [5.74, 6) is -0.676. The third-order valence-electron chi connectivity index (χ3n) is 7.09. The van der Waals surface area contributed by atoms with E-state index in [4.69, 9.17) is 0 Å². The van der Waals surface area contributed by atoms with Gasteiger partial charge in [0.25, 0.3) is 0 Å². The molecule has 34 heavy (non-hydrogen) atoms. The summed E-state index contributed by atoms with van der Waals surface area (Å²) >= 11 is 0. The second-order valence-corrected chi connectivity index (χ2v) is 10.5. The second kappa shape index (κ2) is 25.2. The summed E-state index contributed by atoms with van der Waals surface area (Å²) in [5, 5.41) is 9.83. The van der Waals surface area contributed by atoms with Gasteiger partial charge in [0.05, 0.1) is 0 Å². The Kier molecular flexibility index (Phi) is 24.5. The van der Waals surface area contributed by atoms with E-state index < -0.39 is 12.0 Å². The lowest BCUT2D eigenvalue weighted by Crippen LogP contribution is -2.42. The molecule has 0 aromatic carbocycles. The van der Waals surface area contributed by atoms with Gasteiger partial charge in [-0.15, -0.1) is 0 Å². The van der Waals surface area contributed by atoms with E-state index in [1.807, 2.05) is 0 Å². The average Bonchev–Trinajstić information content (AvgIpc) is 2.80. The first-order valence-corrected chi connectivity index (χ1v) is 15.0. The molecule has 4 nitrogen and oxygen atoms in total. The van der Waals surface area contributed by atoms with Crippen LogP contribution in [0.4, 0.5) is 0 Å². The smallest absolute Gasteiger partial charge is 0.320 e. The summed E-state index contributed by atoms with van der Waals surface area (Å²) in [4.78, 5) is 25.6. The highest BCUT2D eigenvalue weighted by atomic mass is 16.4. The Morgan fingerprint density at radius 3 is 1.21 bits per heavy atom. The van der Waals surface area contributed by atoms with Crippen LogP contribution in [0.3, 0.4) is 0 Å². The minimum absolute atomic E-state index is 0.0871. The molecular formula is C30H59NO3. The van der Waals surface area contributed by atoms with Crippen LogP contribution in [0.5, 0.6) is 0 Å². The number of carbonyl (C=O) groups excluding carboxylic acids is 1. The van der Waals surface area contributed by atoms with Gasteiger partial charge in [0.15, 0.2) is 0 Å². The van der Waals surface area contributed by atoms with Gasteiger partial charge in [-0.1, -0.05) is 129 Å². The van der Waals surface area contributed by atoms with E-state index in [2.05, 4.69) is 18.7 Å². The van der Waals surface area contributed by atoms with E-state index in [1.165, 1.54) is 116 Å².